The summed E-state index contributed by atoms with van der Waals surface area (Å²) in [5.41, 5.74) is 0. The van der Waals surface area contributed by atoms with Crippen LogP contribution in [0.5, 0.6) is 0 Å². The molecule has 1 aliphatic heterocycles. The van der Waals surface area contributed by atoms with Gasteiger partial charge in [-0.1, -0.05) is 0 Å². The Bertz CT molecular complexity index is 589. The summed E-state index contributed by atoms with van der Waals surface area (Å²) in [7, 11) is 3.13. The molecule has 19 heavy (non-hydrogen) atoms. The third kappa shape index (κ3) is 1.53. The van der Waals surface area contributed by atoms with Crippen molar-refractivity contribution < 1.29 is 13.4 Å². The molecule has 0 spiro atoms. The Morgan fingerprint density at radius 3 is 2.47 bits per heavy atom. The van der Waals surface area contributed by atoms with E-state index in [-0.39, 0.29) is 18.0 Å². The number of fused-ring (bicyclic) bond motifs is 1. The fourth-order valence-corrected chi connectivity index (χ4v) is 6.53. The first-order chi connectivity index (χ1) is 9.00. The molecule has 0 bridgehead atoms. The van der Waals surface area contributed by atoms with E-state index >= 15 is 0 Å². The first kappa shape index (κ1) is 12.5. The SMILES string of the molecule is CN1C(=O)N(C)[C@@H]2C[C@]2([Se](=O)c2ccccc2)C1=O. The van der Waals surface area contributed by atoms with E-state index in [1.54, 1.807) is 24.1 Å². The van der Waals surface area contributed by atoms with Gasteiger partial charge in [-0.3, -0.25) is 0 Å². The van der Waals surface area contributed by atoms with Gasteiger partial charge in [0, 0.05) is 0 Å². The predicted molar refractivity (Wildman–Crippen MR) is 69.5 cm³/mol. The third-order valence-electron chi connectivity index (χ3n) is 3.89. The second kappa shape index (κ2) is 3.98. The summed E-state index contributed by atoms with van der Waals surface area (Å²) in [6.07, 6.45) is 0.515. The Balaban J connectivity index is 2.00. The van der Waals surface area contributed by atoms with Crippen LogP contribution >= 0.6 is 0 Å². The van der Waals surface area contributed by atoms with Gasteiger partial charge in [-0.15, -0.1) is 0 Å². The van der Waals surface area contributed by atoms with Crippen molar-refractivity contribution in [2.24, 2.45) is 0 Å². The normalized spacial score (nSPS) is 31.2. The number of nitrogens with zero attached hydrogens (tertiary/aromatic N) is 2. The number of rotatable bonds is 2. The van der Waals surface area contributed by atoms with E-state index in [9.17, 15) is 13.4 Å². The molecule has 2 aliphatic rings. The van der Waals surface area contributed by atoms with Crippen molar-refractivity contribution in [1.29, 1.82) is 0 Å². The standard InChI is InChI=1S/C13H14N2O3Se/c1-14-10-8-13(10,11(16)15(2)12(14)17)19(18)9-6-4-3-5-7-9/h3-7,10H,8H2,1-2H3/t10-,13-,19?/m1/s1. The second-order valence-corrected chi connectivity index (χ2v) is 8.59. The first-order valence-corrected chi connectivity index (χ1v) is 8.43. The van der Waals surface area contributed by atoms with Gasteiger partial charge in [-0.2, -0.15) is 0 Å². The minimum absolute atomic E-state index is 0.202. The number of urea groups is 1. The summed E-state index contributed by atoms with van der Waals surface area (Å²) in [5, 5.41) is 0. The van der Waals surface area contributed by atoms with Crippen LogP contribution < -0.4 is 4.46 Å². The molecule has 3 atom stereocenters. The molecule has 0 radical (unpaired) electrons. The summed E-state index contributed by atoms with van der Waals surface area (Å²) in [6, 6.07) is 8.58. The summed E-state index contributed by atoms with van der Waals surface area (Å²) in [6.45, 7) is 0. The molecular weight excluding hydrogens is 311 g/mol. The Morgan fingerprint density at radius 2 is 1.84 bits per heavy atom. The number of hydrogen-bond donors (Lipinski definition) is 0. The Kier molecular flexibility index (Phi) is 2.62. The molecule has 1 saturated heterocycles. The van der Waals surface area contributed by atoms with Crippen LogP contribution in [0.1, 0.15) is 6.42 Å². The van der Waals surface area contributed by atoms with Crippen LogP contribution in [0.25, 0.3) is 0 Å². The second-order valence-electron chi connectivity index (χ2n) is 4.95. The molecule has 0 N–H and O–H groups in total. The third-order valence-corrected chi connectivity index (χ3v) is 8.03. The molecule has 0 aromatic heterocycles. The number of carbonyl (C=O) groups is 2. The molecule has 6 heteroatoms. The number of imide groups is 1. The van der Waals surface area contributed by atoms with E-state index in [1.807, 2.05) is 18.2 Å². The molecule has 1 aliphatic carbocycles. The van der Waals surface area contributed by atoms with Crippen LogP contribution in [0.3, 0.4) is 0 Å². The Morgan fingerprint density at radius 1 is 1.21 bits per heavy atom. The molecule has 3 rings (SSSR count). The van der Waals surface area contributed by atoms with Crippen LogP contribution in [-0.2, 0) is 8.63 Å². The maximum atomic E-state index is 12.8. The van der Waals surface area contributed by atoms with Gasteiger partial charge in [0.2, 0.25) is 0 Å². The molecule has 2 fully saturated rings. The van der Waals surface area contributed by atoms with Gasteiger partial charge in [0.15, 0.2) is 0 Å². The van der Waals surface area contributed by atoms with Crippen LogP contribution in [0.2, 0.25) is 4.31 Å². The van der Waals surface area contributed by atoms with E-state index in [1.165, 1.54) is 7.05 Å². The van der Waals surface area contributed by atoms with Gasteiger partial charge < -0.3 is 0 Å². The maximum absolute atomic E-state index is 12.8. The van der Waals surface area contributed by atoms with Crippen molar-refractivity contribution in [1.82, 2.24) is 9.80 Å². The number of benzene rings is 1. The van der Waals surface area contributed by atoms with E-state index in [0.29, 0.717) is 6.42 Å². The van der Waals surface area contributed by atoms with Crippen LogP contribution in [0.15, 0.2) is 30.3 Å². The molecule has 1 aromatic rings. The van der Waals surface area contributed by atoms with E-state index < -0.39 is 18.1 Å². The monoisotopic (exact) mass is 326 g/mol. The number of hydrogen-bond acceptors (Lipinski definition) is 3. The minimum atomic E-state index is -2.52. The van der Waals surface area contributed by atoms with Crippen molar-refractivity contribution in [3.63, 3.8) is 0 Å². The van der Waals surface area contributed by atoms with E-state index in [0.717, 1.165) is 9.36 Å². The van der Waals surface area contributed by atoms with Crippen molar-refractivity contribution in [3.8, 4) is 0 Å². The van der Waals surface area contributed by atoms with Crippen molar-refractivity contribution >= 4 is 30.2 Å². The zero-order chi connectivity index (χ0) is 13.8. The van der Waals surface area contributed by atoms with Gasteiger partial charge in [-0.25, -0.2) is 0 Å². The van der Waals surface area contributed by atoms with Gasteiger partial charge in [-0.05, 0) is 0 Å². The summed E-state index contributed by atoms with van der Waals surface area (Å²) in [5.74, 6) is -0.288. The summed E-state index contributed by atoms with van der Waals surface area (Å²) < 4.78 is 12.7. The predicted octanol–water partition coefficient (Wildman–Crippen LogP) is 0.352. The van der Waals surface area contributed by atoms with Gasteiger partial charge in [0.25, 0.3) is 0 Å². The van der Waals surface area contributed by atoms with Gasteiger partial charge in [0.05, 0.1) is 0 Å². The van der Waals surface area contributed by atoms with Crippen molar-refractivity contribution in [2.45, 2.75) is 16.8 Å². The molecule has 100 valence electrons. The summed E-state index contributed by atoms with van der Waals surface area (Å²) >= 11 is -2.52. The molecule has 1 aromatic carbocycles. The summed E-state index contributed by atoms with van der Waals surface area (Å²) in [4.78, 5) is 26.8. The van der Waals surface area contributed by atoms with E-state index in [2.05, 4.69) is 0 Å². The Hall–Kier alpha value is -1.52. The Labute approximate surface area is 115 Å². The van der Waals surface area contributed by atoms with E-state index in [4.69, 9.17) is 0 Å². The molecule has 1 unspecified atom stereocenters. The van der Waals surface area contributed by atoms with Crippen molar-refractivity contribution in [2.75, 3.05) is 14.1 Å². The van der Waals surface area contributed by atoms with Crippen LogP contribution in [0, 0.1) is 0 Å². The zero-order valence-electron chi connectivity index (χ0n) is 10.7. The number of carbonyl (C=O) groups excluding carboxylic acids is 2. The molecular formula is C13H14N2O3Se. The molecule has 5 nitrogen and oxygen atoms in total. The fourth-order valence-electron chi connectivity index (χ4n) is 2.68. The topological polar surface area (TPSA) is 57.7 Å². The molecule has 1 saturated carbocycles. The van der Waals surface area contributed by atoms with Crippen molar-refractivity contribution in [3.05, 3.63) is 30.3 Å². The number of amides is 3. The van der Waals surface area contributed by atoms with Crippen LogP contribution in [0.4, 0.5) is 4.79 Å². The van der Waals surface area contributed by atoms with Crippen LogP contribution in [-0.4, -0.2) is 55.7 Å². The fraction of sp³-hybridized carbons (Fsp3) is 0.385. The average Bonchev–Trinajstić information content (AvgIpc) is 3.20. The van der Waals surface area contributed by atoms with Gasteiger partial charge >= 0.3 is 115 Å². The molecule has 3 amide bonds. The quantitative estimate of drug-likeness (QED) is 0.738. The zero-order valence-corrected chi connectivity index (χ0v) is 12.4. The van der Waals surface area contributed by atoms with Gasteiger partial charge in [0.1, 0.15) is 0 Å². The first-order valence-electron chi connectivity index (χ1n) is 6.02. The average molecular weight is 325 g/mol. The molecule has 1 heterocycles.